The van der Waals surface area contributed by atoms with Gasteiger partial charge in [0.25, 0.3) is 0 Å². The van der Waals surface area contributed by atoms with Crippen LogP contribution in [0, 0.1) is 5.82 Å². The van der Waals surface area contributed by atoms with Gasteiger partial charge >= 0.3 is 0 Å². The van der Waals surface area contributed by atoms with Crippen molar-refractivity contribution in [3.05, 3.63) is 30.1 Å². The molecule has 0 aromatic heterocycles. The van der Waals surface area contributed by atoms with E-state index < -0.39 is 0 Å². The Bertz CT molecular complexity index is 395. The van der Waals surface area contributed by atoms with Crippen LogP contribution in [0.4, 0.5) is 10.1 Å². The smallest absolute Gasteiger partial charge is 0.213 e. The zero-order valence-electron chi connectivity index (χ0n) is 9.51. The highest BCUT2D eigenvalue weighted by molar-refractivity contribution is 5.78. The quantitative estimate of drug-likeness (QED) is 0.315. The van der Waals surface area contributed by atoms with E-state index >= 15 is 0 Å². The van der Waals surface area contributed by atoms with Crippen LogP contribution in [-0.4, -0.2) is 37.0 Å². The van der Waals surface area contributed by atoms with Gasteiger partial charge in [-0.1, -0.05) is 0 Å². The van der Waals surface area contributed by atoms with E-state index in [1.54, 1.807) is 12.1 Å². The first-order valence-electron chi connectivity index (χ1n) is 5.49. The van der Waals surface area contributed by atoms with Crippen molar-refractivity contribution in [1.29, 1.82) is 0 Å². The molecule has 0 unspecified atom stereocenters. The number of rotatable bonds is 1. The Morgan fingerprint density at radius 3 is 2.24 bits per heavy atom. The summed E-state index contributed by atoms with van der Waals surface area (Å²) in [4.78, 5) is 4.11. The van der Waals surface area contributed by atoms with Crippen molar-refractivity contribution in [1.82, 2.24) is 4.90 Å². The molecule has 5 nitrogen and oxygen atoms in total. The van der Waals surface area contributed by atoms with Gasteiger partial charge in [-0.05, 0) is 24.3 Å². The van der Waals surface area contributed by atoms with Crippen molar-refractivity contribution < 1.29 is 4.39 Å². The first-order valence-corrected chi connectivity index (χ1v) is 5.49. The number of nitrogens with two attached hydrogens (primary N) is 2. The Morgan fingerprint density at radius 1 is 1.12 bits per heavy atom. The predicted octanol–water partition coefficient (Wildman–Crippen LogP) is 0.136. The van der Waals surface area contributed by atoms with Crippen LogP contribution in [0.1, 0.15) is 0 Å². The van der Waals surface area contributed by atoms with E-state index in [9.17, 15) is 4.39 Å². The first kappa shape index (κ1) is 11.5. The van der Waals surface area contributed by atoms with Crippen LogP contribution < -0.4 is 16.5 Å². The zero-order valence-corrected chi connectivity index (χ0v) is 9.51. The topological polar surface area (TPSA) is 70.9 Å². The van der Waals surface area contributed by atoms with Gasteiger partial charge in [-0.25, -0.2) is 4.39 Å². The summed E-state index contributed by atoms with van der Waals surface area (Å²) in [5.41, 5.74) is 6.66. The Hall–Kier alpha value is -1.98. The summed E-state index contributed by atoms with van der Waals surface area (Å²) < 4.78 is 12.8. The number of hydrazone groups is 1. The second-order valence-corrected chi connectivity index (χ2v) is 3.94. The van der Waals surface area contributed by atoms with Crippen molar-refractivity contribution in [2.24, 2.45) is 16.7 Å². The number of hydrogen-bond acceptors (Lipinski definition) is 3. The van der Waals surface area contributed by atoms with Crippen LogP contribution in [0.2, 0.25) is 0 Å². The van der Waals surface area contributed by atoms with Crippen LogP contribution >= 0.6 is 0 Å². The van der Waals surface area contributed by atoms with Gasteiger partial charge in [-0.2, -0.15) is 0 Å². The second kappa shape index (κ2) is 4.90. The van der Waals surface area contributed by atoms with Crippen molar-refractivity contribution in [2.45, 2.75) is 0 Å². The van der Waals surface area contributed by atoms with Crippen molar-refractivity contribution in [2.75, 3.05) is 31.1 Å². The average molecular weight is 237 g/mol. The molecule has 2 rings (SSSR count). The second-order valence-electron chi connectivity index (χ2n) is 3.94. The normalized spacial score (nSPS) is 17.4. The van der Waals surface area contributed by atoms with Gasteiger partial charge in [0.2, 0.25) is 5.96 Å². The van der Waals surface area contributed by atoms with E-state index in [-0.39, 0.29) is 5.82 Å². The van der Waals surface area contributed by atoms with Crippen LogP contribution in [0.25, 0.3) is 0 Å². The van der Waals surface area contributed by atoms with E-state index in [0.717, 1.165) is 31.9 Å². The fourth-order valence-electron chi connectivity index (χ4n) is 1.93. The standard InChI is InChI=1S/C11H16FN5/c12-9-1-3-10(4-2-9)16-5-7-17(8-6-16)11(13)15-14/h1-4H,5-8,14H2,(H2,13,15). The molecule has 1 aromatic rings. The maximum atomic E-state index is 12.8. The summed E-state index contributed by atoms with van der Waals surface area (Å²) in [6.45, 7) is 3.18. The van der Waals surface area contributed by atoms with E-state index in [4.69, 9.17) is 11.6 Å². The molecule has 4 N–H and O–H groups in total. The number of hydrogen-bond donors (Lipinski definition) is 2. The number of guanidine groups is 1. The average Bonchev–Trinajstić information content (AvgIpc) is 2.39. The fourth-order valence-corrected chi connectivity index (χ4v) is 1.93. The number of piperazine rings is 1. The van der Waals surface area contributed by atoms with Gasteiger partial charge in [0, 0.05) is 31.9 Å². The first-order chi connectivity index (χ1) is 8.20. The van der Waals surface area contributed by atoms with Crippen LogP contribution in [0.15, 0.2) is 29.4 Å². The summed E-state index contributed by atoms with van der Waals surface area (Å²) in [6, 6.07) is 6.51. The van der Waals surface area contributed by atoms with Gasteiger partial charge in [0.1, 0.15) is 5.82 Å². The third-order valence-corrected chi connectivity index (χ3v) is 2.93. The lowest BCUT2D eigenvalue weighted by molar-refractivity contribution is 0.381. The third-order valence-electron chi connectivity index (χ3n) is 2.93. The molecule has 0 aliphatic carbocycles. The highest BCUT2D eigenvalue weighted by Crippen LogP contribution is 2.16. The fraction of sp³-hybridized carbons (Fsp3) is 0.364. The maximum absolute atomic E-state index is 12.8. The molecule has 0 radical (unpaired) electrons. The van der Waals surface area contributed by atoms with Crippen LogP contribution in [-0.2, 0) is 0 Å². The summed E-state index contributed by atoms with van der Waals surface area (Å²) in [5, 5.41) is 3.47. The molecule has 0 amide bonds. The summed E-state index contributed by atoms with van der Waals surface area (Å²) in [6.07, 6.45) is 0. The predicted molar refractivity (Wildman–Crippen MR) is 66.0 cm³/mol. The Labute approximate surface area is 99.5 Å². The number of nitrogens with zero attached hydrogens (tertiary/aromatic N) is 3. The molecule has 1 aliphatic rings. The summed E-state index contributed by atoms with van der Waals surface area (Å²) >= 11 is 0. The molecule has 1 heterocycles. The minimum Gasteiger partial charge on any atom is -0.368 e. The van der Waals surface area contributed by atoms with Gasteiger partial charge in [-0.3, -0.25) is 0 Å². The van der Waals surface area contributed by atoms with E-state index in [0.29, 0.717) is 5.96 Å². The molecule has 0 saturated carbocycles. The Kier molecular flexibility index (Phi) is 3.32. The molecule has 1 saturated heterocycles. The monoisotopic (exact) mass is 237 g/mol. The SMILES string of the molecule is NN=C(N)N1CCN(c2ccc(F)cc2)CC1. The van der Waals surface area contributed by atoms with Gasteiger partial charge in [0.05, 0.1) is 0 Å². The number of halogens is 1. The van der Waals surface area contributed by atoms with Crippen molar-refractivity contribution in [3.63, 3.8) is 0 Å². The zero-order chi connectivity index (χ0) is 12.3. The molecule has 1 aromatic carbocycles. The Morgan fingerprint density at radius 2 is 1.71 bits per heavy atom. The molecule has 92 valence electrons. The Balaban J connectivity index is 1.97. The van der Waals surface area contributed by atoms with Gasteiger partial charge < -0.3 is 21.4 Å². The largest absolute Gasteiger partial charge is 0.368 e. The van der Waals surface area contributed by atoms with Crippen LogP contribution in [0.5, 0.6) is 0 Å². The van der Waals surface area contributed by atoms with Crippen molar-refractivity contribution >= 4 is 11.6 Å². The molecule has 0 atom stereocenters. The van der Waals surface area contributed by atoms with Gasteiger partial charge in [-0.15, -0.1) is 5.10 Å². The lowest BCUT2D eigenvalue weighted by Crippen LogP contribution is -2.51. The lowest BCUT2D eigenvalue weighted by Gasteiger charge is -2.36. The molecule has 17 heavy (non-hydrogen) atoms. The van der Waals surface area contributed by atoms with Gasteiger partial charge in [0.15, 0.2) is 0 Å². The molecule has 1 fully saturated rings. The molecule has 0 spiro atoms. The van der Waals surface area contributed by atoms with Crippen LogP contribution in [0.3, 0.4) is 0 Å². The maximum Gasteiger partial charge on any atom is 0.213 e. The minimum absolute atomic E-state index is 0.216. The molecule has 1 aliphatic heterocycles. The molecule has 0 bridgehead atoms. The van der Waals surface area contributed by atoms with Crippen molar-refractivity contribution in [3.8, 4) is 0 Å². The number of benzene rings is 1. The summed E-state index contributed by atoms with van der Waals surface area (Å²) in [7, 11) is 0. The number of anilines is 1. The van der Waals surface area contributed by atoms with E-state index in [2.05, 4.69) is 10.0 Å². The third kappa shape index (κ3) is 2.58. The molecule has 6 heteroatoms. The van der Waals surface area contributed by atoms with E-state index in [1.165, 1.54) is 12.1 Å². The highest BCUT2D eigenvalue weighted by atomic mass is 19.1. The summed E-state index contributed by atoms with van der Waals surface area (Å²) in [5.74, 6) is 5.28. The molecular weight excluding hydrogens is 221 g/mol. The lowest BCUT2D eigenvalue weighted by atomic mass is 10.2. The minimum atomic E-state index is -0.216. The highest BCUT2D eigenvalue weighted by Gasteiger charge is 2.18. The van der Waals surface area contributed by atoms with E-state index in [1.807, 2.05) is 4.90 Å². The molecular formula is C11H16FN5.